The number of unbranched alkanes of at least 4 members (excludes halogenated alkanes) is 2. The molecule has 1 heterocycles. The van der Waals surface area contributed by atoms with Gasteiger partial charge in [0.15, 0.2) is 0 Å². The monoisotopic (exact) mass is 344 g/mol. The largest absolute Gasteiger partial charge is 0.496 e. The summed E-state index contributed by atoms with van der Waals surface area (Å²) in [5.74, 6) is 2.25. The zero-order valence-corrected chi connectivity index (χ0v) is 16.1. The van der Waals surface area contributed by atoms with Crippen LogP contribution in [0.15, 0.2) is 24.3 Å². The molecule has 0 aromatic heterocycles. The lowest BCUT2D eigenvalue weighted by atomic mass is 9.66. The topological polar surface area (TPSA) is 38.7 Å². The highest BCUT2D eigenvalue weighted by molar-refractivity contribution is 5.55. The van der Waals surface area contributed by atoms with Crippen molar-refractivity contribution in [3.63, 3.8) is 0 Å². The third-order valence-corrected chi connectivity index (χ3v) is 6.01. The van der Waals surface area contributed by atoms with E-state index in [-0.39, 0.29) is 12.0 Å². The first-order valence-corrected chi connectivity index (χ1v) is 9.64. The molecule has 0 amide bonds. The summed E-state index contributed by atoms with van der Waals surface area (Å²) in [5.41, 5.74) is 2.73. The van der Waals surface area contributed by atoms with Gasteiger partial charge in [0, 0.05) is 11.5 Å². The second kappa shape index (κ2) is 7.03. The summed E-state index contributed by atoms with van der Waals surface area (Å²) in [6.45, 7) is 10.4. The summed E-state index contributed by atoms with van der Waals surface area (Å²) < 4.78 is 12.1. The van der Waals surface area contributed by atoms with E-state index in [1.807, 2.05) is 6.92 Å². The lowest BCUT2D eigenvalue weighted by Gasteiger charge is -2.42. The molecule has 1 aromatic rings. The fourth-order valence-corrected chi connectivity index (χ4v) is 4.58. The van der Waals surface area contributed by atoms with Gasteiger partial charge in [-0.05, 0) is 63.1 Å². The standard InChI is InChI=1S/C22H32O3/c1-6-7-8-9-15-12-17(24-5)20-18(13-15)25-21-19(20)16(14(2)3)10-11-22(21,4)23/h12-13,16,19,21,23H,2,6-11H2,1,3-5H3/t16-,19?,21?,22-/m0/s1. The van der Waals surface area contributed by atoms with Crippen molar-refractivity contribution in [2.24, 2.45) is 5.92 Å². The van der Waals surface area contributed by atoms with E-state index in [0.717, 1.165) is 41.9 Å². The number of rotatable bonds is 6. The van der Waals surface area contributed by atoms with Crippen LogP contribution in [0.5, 0.6) is 11.5 Å². The first-order valence-electron chi connectivity index (χ1n) is 9.64. The van der Waals surface area contributed by atoms with Crippen LogP contribution in [0, 0.1) is 5.92 Å². The Bertz CT molecular complexity index is 647. The molecule has 1 aromatic carbocycles. The minimum Gasteiger partial charge on any atom is -0.496 e. The van der Waals surface area contributed by atoms with Crippen LogP contribution in [0.4, 0.5) is 0 Å². The number of ether oxygens (including phenoxy) is 2. The molecule has 0 bridgehead atoms. The Hall–Kier alpha value is -1.48. The highest BCUT2D eigenvalue weighted by Crippen LogP contribution is 2.56. The number of methoxy groups -OCH3 is 1. The van der Waals surface area contributed by atoms with Gasteiger partial charge in [-0.25, -0.2) is 0 Å². The maximum absolute atomic E-state index is 10.9. The van der Waals surface area contributed by atoms with Gasteiger partial charge in [-0.2, -0.15) is 0 Å². The molecule has 1 aliphatic carbocycles. The molecule has 1 fully saturated rings. The van der Waals surface area contributed by atoms with Gasteiger partial charge >= 0.3 is 0 Å². The molecule has 1 aliphatic heterocycles. The van der Waals surface area contributed by atoms with Gasteiger partial charge in [0.05, 0.1) is 12.7 Å². The van der Waals surface area contributed by atoms with Gasteiger partial charge in [-0.15, -0.1) is 0 Å². The molecular formula is C22H32O3. The number of aliphatic hydroxyl groups is 1. The summed E-state index contributed by atoms with van der Waals surface area (Å²) in [7, 11) is 1.73. The van der Waals surface area contributed by atoms with E-state index in [0.29, 0.717) is 5.92 Å². The Labute approximate surface area is 152 Å². The Balaban J connectivity index is 2.00. The normalized spacial score (nSPS) is 30.4. The molecule has 0 saturated heterocycles. The van der Waals surface area contributed by atoms with Crippen molar-refractivity contribution in [2.45, 2.75) is 76.9 Å². The van der Waals surface area contributed by atoms with Gasteiger partial charge in [0.2, 0.25) is 0 Å². The Morgan fingerprint density at radius 3 is 2.80 bits per heavy atom. The van der Waals surface area contributed by atoms with Crippen LogP contribution in [0.3, 0.4) is 0 Å². The van der Waals surface area contributed by atoms with Crippen LogP contribution in [0.25, 0.3) is 0 Å². The molecule has 3 heteroatoms. The van der Waals surface area contributed by atoms with Crippen LogP contribution in [0.1, 0.15) is 69.9 Å². The molecule has 3 nitrogen and oxygen atoms in total. The molecule has 25 heavy (non-hydrogen) atoms. The van der Waals surface area contributed by atoms with Gasteiger partial charge < -0.3 is 14.6 Å². The van der Waals surface area contributed by atoms with E-state index < -0.39 is 5.60 Å². The van der Waals surface area contributed by atoms with Crippen LogP contribution in [0.2, 0.25) is 0 Å². The predicted molar refractivity (Wildman–Crippen MR) is 102 cm³/mol. The number of fused-ring (bicyclic) bond motifs is 3. The highest BCUT2D eigenvalue weighted by Gasteiger charge is 2.53. The van der Waals surface area contributed by atoms with Crippen molar-refractivity contribution in [1.82, 2.24) is 0 Å². The SMILES string of the molecule is C=C(C)[C@@H]1CC[C@](C)(O)C2Oc3cc(CCCCC)cc(OC)c3C21. The Morgan fingerprint density at radius 2 is 2.16 bits per heavy atom. The number of hydrogen-bond acceptors (Lipinski definition) is 3. The van der Waals surface area contributed by atoms with Gasteiger partial charge in [-0.1, -0.05) is 31.9 Å². The number of aryl methyl sites for hydroxylation is 1. The van der Waals surface area contributed by atoms with Crippen molar-refractivity contribution in [3.8, 4) is 11.5 Å². The molecule has 4 atom stereocenters. The summed E-state index contributed by atoms with van der Waals surface area (Å²) in [4.78, 5) is 0. The van der Waals surface area contributed by atoms with E-state index in [4.69, 9.17) is 9.47 Å². The van der Waals surface area contributed by atoms with Crippen LogP contribution in [-0.2, 0) is 6.42 Å². The number of allylic oxidation sites excluding steroid dienone is 1. The van der Waals surface area contributed by atoms with Gasteiger partial charge in [0.1, 0.15) is 17.6 Å². The molecular weight excluding hydrogens is 312 g/mol. The fraction of sp³-hybridized carbons (Fsp3) is 0.636. The molecule has 2 aliphatic rings. The zero-order chi connectivity index (χ0) is 18.2. The third-order valence-electron chi connectivity index (χ3n) is 6.01. The van der Waals surface area contributed by atoms with Gasteiger partial charge in [0.25, 0.3) is 0 Å². The molecule has 3 rings (SSSR count). The van der Waals surface area contributed by atoms with Crippen molar-refractivity contribution >= 4 is 0 Å². The quantitative estimate of drug-likeness (QED) is 0.582. The average molecular weight is 344 g/mol. The fourth-order valence-electron chi connectivity index (χ4n) is 4.58. The molecule has 2 unspecified atom stereocenters. The predicted octanol–water partition coefficient (Wildman–Crippen LogP) is 5.01. The summed E-state index contributed by atoms with van der Waals surface area (Å²) in [6.07, 6.45) is 6.12. The molecule has 1 saturated carbocycles. The number of hydrogen-bond donors (Lipinski definition) is 1. The summed E-state index contributed by atoms with van der Waals surface area (Å²) in [5, 5.41) is 10.9. The minimum atomic E-state index is -0.816. The van der Waals surface area contributed by atoms with Crippen molar-refractivity contribution in [1.29, 1.82) is 0 Å². The molecule has 1 N–H and O–H groups in total. The van der Waals surface area contributed by atoms with E-state index in [1.165, 1.54) is 24.8 Å². The first-order chi connectivity index (χ1) is 11.9. The summed E-state index contributed by atoms with van der Waals surface area (Å²) in [6, 6.07) is 4.33. The van der Waals surface area contributed by atoms with E-state index in [9.17, 15) is 5.11 Å². The van der Waals surface area contributed by atoms with Crippen LogP contribution >= 0.6 is 0 Å². The van der Waals surface area contributed by atoms with E-state index in [1.54, 1.807) is 7.11 Å². The second-order valence-corrected chi connectivity index (χ2v) is 8.08. The van der Waals surface area contributed by atoms with Crippen molar-refractivity contribution in [3.05, 3.63) is 35.4 Å². The lowest BCUT2D eigenvalue weighted by Crippen LogP contribution is -2.50. The second-order valence-electron chi connectivity index (χ2n) is 8.08. The van der Waals surface area contributed by atoms with Crippen molar-refractivity contribution in [2.75, 3.05) is 7.11 Å². The maximum Gasteiger partial charge on any atom is 0.135 e. The smallest absolute Gasteiger partial charge is 0.135 e. The highest BCUT2D eigenvalue weighted by atomic mass is 16.5. The molecule has 0 radical (unpaired) electrons. The maximum atomic E-state index is 10.9. The minimum absolute atomic E-state index is 0.121. The summed E-state index contributed by atoms with van der Waals surface area (Å²) >= 11 is 0. The van der Waals surface area contributed by atoms with Crippen molar-refractivity contribution < 1.29 is 14.6 Å². The third kappa shape index (κ3) is 3.31. The Morgan fingerprint density at radius 1 is 1.40 bits per heavy atom. The Kier molecular flexibility index (Phi) is 5.15. The molecule has 0 spiro atoms. The lowest BCUT2D eigenvalue weighted by molar-refractivity contribution is -0.0824. The molecule has 138 valence electrons. The van der Waals surface area contributed by atoms with E-state index >= 15 is 0 Å². The zero-order valence-electron chi connectivity index (χ0n) is 16.1. The van der Waals surface area contributed by atoms with Crippen LogP contribution in [-0.4, -0.2) is 23.9 Å². The van der Waals surface area contributed by atoms with Crippen LogP contribution < -0.4 is 9.47 Å². The van der Waals surface area contributed by atoms with Gasteiger partial charge in [-0.3, -0.25) is 0 Å². The average Bonchev–Trinajstić information content (AvgIpc) is 2.95. The number of benzene rings is 1. The first kappa shape index (κ1) is 18.3. The van der Waals surface area contributed by atoms with E-state index in [2.05, 4.69) is 32.6 Å².